The van der Waals surface area contributed by atoms with Gasteiger partial charge in [0.1, 0.15) is 0 Å². The number of amides is 1. The van der Waals surface area contributed by atoms with Gasteiger partial charge in [-0.2, -0.15) is 0 Å². The van der Waals surface area contributed by atoms with Crippen molar-refractivity contribution in [3.63, 3.8) is 0 Å². The second-order valence-electron chi connectivity index (χ2n) is 5.88. The van der Waals surface area contributed by atoms with Gasteiger partial charge in [-0.25, -0.2) is 0 Å². The molecule has 2 aliphatic rings. The Hall–Kier alpha value is -2.28. The number of carbonyl (C=O) groups excluding carboxylic acids is 1. The van der Waals surface area contributed by atoms with Gasteiger partial charge in [0.2, 0.25) is 12.7 Å². The Kier molecular flexibility index (Phi) is 4.38. The van der Waals surface area contributed by atoms with Gasteiger partial charge in [0.05, 0.1) is 18.4 Å². The number of nitrogens with one attached hydrogen (secondary N) is 1. The topological polar surface area (TPSA) is 94.1 Å². The predicted octanol–water partition coefficient (Wildman–Crippen LogP) is 1.10. The molecule has 124 valence electrons. The van der Waals surface area contributed by atoms with Gasteiger partial charge in [-0.05, 0) is 30.5 Å². The number of fused-ring (bicyclic) bond motifs is 1. The molecule has 0 aliphatic carbocycles. The molecule has 2 N–H and O–H groups in total. The monoisotopic (exact) mass is 321 g/mol. The molecular formula is C16H19NO6. The molecular weight excluding hydrogens is 302 g/mol. The van der Waals surface area contributed by atoms with Gasteiger partial charge in [0.15, 0.2) is 11.5 Å². The zero-order valence-corrected chi connectivity index (χ0v) is 12.7. The van der Waals surface area contributed by atoms with Crippen molar-refractivity contribution in [1.82, 2.24) is 5.32 Å². The van der Waals surface area contributed by atoms with Crippen molar-refractivity contribution < 1.29 is 28.9 Å². The van der Waals surface area contributed by atoms with Crippen LogP contribution in [0.15, 0.2) is 18.2 Å². The van der Waals surface area contributed by atoms with Gasteiger partial charge in [-0.3, -0.25) is 9.59 Å². The number of carbonyl (C=O) groups is 2. The van der Waals surface area contributed by atoms with Crippen molar-refractivity contribution in [2.24, 2.45) is 0 Å². The molecule has 3 rings (SSSR count). The highest BCUT2D eigenvalue weighted by molar-refractivity contribution is 5.80. The average Bonchev–Trinajstić information content (AvgIpc) is 2.94. The second-order valence-corrected chi connectivity index (χ2v) is 5.88. The van der Waals surface area contributed by atoms with E-state index in [1.165, 1.54) is 0 Å². The Morgan fingerprint density at radius 1 is 1.17 bits per heavy atom. The van der Waals surface area contributed by atoms with Gasteiger partial charge >= 0.3 is 5.97 Å². The summed E-state index contributed by atoms with van der Waals surface area (Å²) in [5.41, 5.74) is 0.0709. The summed E-state index contributed by atoms with van der Waals surface area (Å²) < 4.78 is 15.8. The number of ether oxygens (including phenoxy) is 3. The van der Waals surface area contributed by atoms with Crippen molar-refractivity contribution >= 4 is 11.9 Å². The minimum atomic E-state index is -0.921. The Balaban J connectivity index is 1.66. The Labute approximate surface area is 133 Å². The highest BCUT2D eigenvalue weighted by atomic mass is 16.7. The lowest BCUT2D eigenvalue weighted by Gasteiger charge is -2.36. The van der Waals surface area contributed by atoms with E-state index in [1.807, 2.05) is 0 Å². The first-order valence-corrected chi connectivity index (χ1v) is 7.55. The number of hydrogen-bond donors (Lipinski definition) is 2. The highest BCUT2D eigenvalue weighted by Gasteiger charge is 2.36. The minimum absolute atomic E-state index is 0.0940. The standard InChI is InChI=1S/C16H19NO6/c18-14(8-11-1-2-12-13(7-11)23-10-22-12)17-16(9-15(19)20)3-5-21-6-4-16/h1-2,7H,3-6,8-10H2,(H,17,18)(H,19,20). The van der Waals surface area contributed by atoms with Crippen LogP contribution in [0.3, 0.4) is 0 Å². The molecule has 0 atom stereocenters. The van der Waals surface area contributed by atoms with Gasteiger partial charge in [-0.1, -0.05) is 6.07 Å². The van der Waals surface area contributed by atoms with Crippen LogP contribution in [0.2, 0.25) is 0 Å². The quantitative estimate of drug-likeness (QED) is 0.843. The Morgan fingerprint density at radius 2 is 1.91 bits per heavy atom. The predicted molar refractivity (Wildman–Crippen MR) is 79.4 cm³/mol. The molecule has 1 aromatic carbocycles. The largest absolute Gasteiger partial charge is 0.481 e. The summed E-state index contributed by atoms with van der Waals surface area (Å²) in [7, 11) is 0. The highest BCUT2D eigenvalue weighted by Crippen LogP contribution is 2.32. The van der Waals surface area contributed by atoms with Crippen LogP contribution in [0.4, 0.5) is 0 Å². The van der Waals surface area contributed by atoms with E-state index < -0.39 is 11.5 Å². The molecule has 1 saturated heterocycles. The molecule has 1 amide bonds. The molecule has 0 aromatic heterocycles. The summed E-state index contributed by atoms with van der Waals surface area (Å²) in [4.78, 5) is 23.5. The zero-order valence-electron chi connectivity index (χ0n) is 12.7. The summed E-state index contributed by atoms with van der Waals surface area (Å²) in [6.07, 6.45) is 1.08. The molecule has 1 aromatic rings. The van der Waals surface area contributed by atoms with Crippen LogP contribution in [0.5, 0.6) is 11.5 Å². The number of aliphatic carboxylic acids is 1. The number of carboxylic acids is 1. The minimum Gasteiger partial charge on any atom is -0.481 e. The summed E-state index contributed by atoms with van der Waals surface area (Å²) in [6.45, 7) is 1.10. The van der Waals surface area contributed by atoms with Gasteiger partial charge in [-0.15, -0.1) is 0 Å². The fourth-order valence-corrected chi connectivity index (χ4v) is 2.97. The van der Waals surface area contributed by atoms with Crippen molar-refractivity contribution in [3.8, 4) is 11.5 Å². The first kappa shape index (κ1) is 15.6. The third-order valence-electron chi connectivity index (χ3n) is 4.15. The number of carboxylic acid groups (broad SMARTS) is 1. The SMILES string of the molecule is O=C(O)CC1(NC(=O)Cc2ccc3c(c2)OCO3)CCOCC1. The van der Waals surface area contributed by atoms with E-state index in [4.69, 9.17) is 19.3 Å². The summed E-state index contributed by atoms with van der Waals surface area (Å²) in [5, 5.41) is 12.0. The summed E-state index contributed by atoms with van der Waals surface area (Å²) >= 11 is 0. The molecule has 23 heavy (non-hydrogen) atoms. The van der Waals surface area contributed by atoms with E-state index in [2.05, 4.69) is 5.32 Å². The van der Waals surface area contributed by atoms with Gasteiger partial charge < -0.3 is 24.6 Å². The number of rotatable bonds is 5. The maximum Gasteiger partial charge on any atom is 0.305 e. The molecule has 0 saturated carbocycles. The molecule has 0 unspecified atom stereocenters. The molecule has 7 heteroatoms. The maximum atomic E-state index is 12.4. The van der Waals surface area contributed by atoms with E-state index in [0.717, 1.165) is 5.56 Å². The fourth-order valence-electron chi connectivity index (χ4n) is 2.97. The Bertz CT molecular complexity index is 609. The zero-order chi connectivity index (χ0) is 16.3. The van der Waals surface area contributed by atoms with Crippen molar-refractivity contribution in [2.45, 2.75) is 31.2 Å². The van der Waals surface area contributed by atoms with E-state index >= 15 is 0 Å². The first-order valence-electron chi connectivity index (χ1n) is 7.55. The van der Waals surface area contributed by atoms with E-state index in [1.54, 1.807) is 18.2 Å². The van der Waals surface area contributed by atoms with Crippen LogP contribution in [0.25, 0.3) is 0 Å². The fraction of sp³-hybridized carbons (Fsp3) is 0.500. The summed E-state index contributed by atoms with van der Waals surface area (Å²) in [6, 6.07) is 5.35. The number of benzene rings is 1. The third-order valence-corrected chi connectivity index (χ3v) is 4.15. The normalized spacial score (nSPS) is 18.4. The van der Waals surface area contributed by atoms with Crippen molar-refractivity contribution in [3.05, 3.63) is 23.8 Å². The molecule has 0 spiro atoms. The van der Waals surface area contributed by atoms with E-state index in [-0.39, 0.29) is 25.5 Å². The van der Waals surface area contributed by atoms with Crippen LogP contribution in [0, 0.1) is 0 Å². The van der Waals surface area contributed by atoms with Crippen LogP contribution < -0.4 is 14.8 Å². The van der Waals surface area contributed by atoms with E-state index in [0.29, 0.717) is 37.6 Å². The maximum absolute atomic E-state index is 12.4. The smallest absolute Gasteiger partial charge is 0.305 e. The van der Waals surface area contributed by atoms with Gasteiger partial charge in [0, 0.05) is 13.2 Å². The Morgan fingerprint density at radius 3 is 2.65 bits per heavy atom. The van der Waals surface area contributed by atoms with Crippen molar-refractivity contribution in [1.29, 1.82) is 0 Å². The molecule has 2 aliphatic heterocycles. The van der Waals surface area contributed by atoms with E-state index in [9.17, 15) is 9.59 Å². The molecule has 0 radical (unpaired) electrons. The summed E-state index contributed by atoms with van der Waals surface area (Å²) in [5.74, 6) is 0.171. The molecule has 0 bridgehead atoms. The van der Waals surface area contributed by atoms with Crippen LogP contribution in [0.1, 0.15) is 24.8 Å². The van der Waals surface area contributed by atoms with Crippen LogP contribution in [-0.2, 0) is 20.7 Å². The first-order chi connectivity index (χ1) is 11.1. The average molecular weight is 321 g/mol. The molecule has 7 nitrogen and oxygen atoms in total. The molecule has 2 heterocycles. The van der Waals surface area contributed by atoms with Crippen LogP contribution >= 0.6 is 0 Å². The lowest BCUT2D eigenvalue weighted by atomic mass is 9.86. The molecule has 1 fully saturated rings. The number of hydrogen-bond acceptors (Lipinski definition) is 5. The van der Waals surface area contributed by atoms with Crippen molar-refractivity contribution in [2.75, 3.05) is 20.0 Å². The lowest BCUT2D eigenvalue weighted by Crippen LogP contribution is -2.53. The second kappa shape index (κ2) is 6.45. The lowest BCUT2D eigenvalue weighted by molar-refractivity contribution is -0.140. The third kappa shape index (κ3) is 3.73. The van der Waals surface area contributed by atoms with Gasteiger partial charge in [0.25, 0.3) is 0 Å². The van der Waals surface area contributed by atoms with Crippen LogP contribution in [-0.4, -0.2) is 42.5 Å².